The molecule has 13 heteroatoms. The van der Waals surface area contributed by atoms with E-state index in [-0.39, 0.29) is 66.1 Å². The summed E-state index contributed by atoms with van der Waals surface area (Å²) in [6.45, 7) is 8.03. The molecule has 4 aromatic rings. The quantitative estimate of drug-likeness (QED) is 0.124. The lowest BCUT2D eigenvalue weighted by Crippen LogP contribution is -2.49. The number of benzene rings is 4. The number of nitrogens with one attached hydrogen (secondary N) is 3. The van der Waals surface area contributed by atoms with Gasteiger partial charge in [0, 0.05) is 99.9 Å². The number of hydrogen-bond acceptors (Lipinski definition) is 8. The maximum atomic E-state index is 13.6. The standard InChI is InChI=1S/C51H58FN7O5/c1-35(56-27-23-39(24-28-56)50(63)53-34-37-5-4-6-40(52)33-37)43-16-11-38(44-7-2-3-8-45(43)44)10-9-36-21-25-58(26-22-36)48(61)19-20-49(62)59-31-29-57(30-32-59)42-14-12-41(13-15-42)54-46-17-18-47(60)55-51(46)64/h2-8,11-16,33,35-36,39,46,54H,17-32,34H2,1H3,(H,53,63)(H,55,60,64). The molecule has 3 N–H and O–H groups in total. The van der Waals surface area contributed by atoms with Crippen molar-refractivity contribution in [1.29, 1.82) is 0 Å². The first kappa shape index (κ1) is 44.4. The average Bonchev–Trinajstić information content (AvgIpc) is 3.32. The number of piperazine rings is 1. The molecule has 0 radical (unpaired) electrons. The number of fused-ring (bicyclic) bond motifs is 1. The largest absolute Gasteiger partial charge is 0.374 e. The lowest BCUT2D eigenvalue weighted by atomic mass is 9.91. The summed E-state index contributed by atoms with van der Waals surface area (Å²) in [6.07, 6.45) is 4.35. The van der Waals surface area contributed by atoms with Gasteiger partial charge in [0.15, 0.2) is 0 Å². The molecule has 5 amide bonds. The number of halogens is 1. The minimum Gasteiger partial charge on any atom is -0.374 e. The Morgan fingerprint density at radius 3 is 2.14 bits per heavy atom. The lowest BCUT2D eigenvalue weighted by Gasteiger charge is -2.36. The zero-order chi connectivity index (χ0) is 44.6. The second-order valence-corrected chi connectivity index (χ2v) is 17.6. The Balaban J connectivity index is 0.759. The third-order valence-corrected chi connectivity index (χ3v) is 13.5. The normalized spacial score (nSPS) is 19.4. The first-order chi connectivity index (χ1) is 31.1. The fourth-order valence-corrected chi connectivity index (χ4v) is 9.52. The number of piperidine rings is 3. The van der Waals surface area contributed by atoms with Gasteiger partial charge in [0.2, 0.25) is 29.5 Å². The lowest BCUT2D eigenvalue weighted by molar-refractivity contribution is -0.137. The fourth-order valence-electron chi connectivity index (χ4n) is 9.52. The van der Waals surface area contributed by atoms with Gasteiger partial charge in [-0.1, -0.05) is 54.3 Å². The van der Waals surface area contributed by atoms with E-state index in [0.717, 1.165) is 66.7 Å². The van der Waals surface area contributed by atoms with Crippen molar-refractivity contribution in [2.24, 2.45) is 11.8 Å². The predicted octanol–water partition coefficient (Wildman–Crippen LogP) is 6.00. The number of hydrogen-bond donors (Lipinski definition) is 3. The number of likely N-dealkylation sites (tertiary alicyclic amines) is 2. The van der Waals surface area contributed by atoms with Gasteiger partial charge in [-0.2, -0.15) is 0 Å². The molecule has 334 valence electrons. The van der Waals surface area contributed by atoms with E-state index in [1.807, 2.05) is 40.1 Å². The van der Waals surface area contributed by atoms with Gasteiger partial charge in [0.1, 0.15) is 11.9 Å². The highest BCUT2D eigenvalue weighted by Crippen LogP contribution is 2.33. The van der Waals surface area contributed by atoms with E-state index in [1.165, 1.54) is 23.1 Å². The Kier molecular flexibility index (Phi) is 14.2. The van der Waals surface area contributed by atoms with Crippen LogP contribution < -0.4 is 20.9 Å². The number of anilines is 2. The van der Waals surface area contributed by atoms with Crippen LogP contribution in [0.2, 0.25) is 0 Å². The smallest absolute Gasteiger partial charge is 0.249 e. The minimum absolute atomic E-state index is 0.00870. The van der Waals surface area contributed by atoms with Crippen LogP contribution in [0.25, 0.3) is 10.8 Å². The third kappa shape index (κ3) is 10.9. The number of amides is 5. The first-order valence-electron chi connectivity index (χ1n) is 22.9. The monoisotopic (exact) mass is 867 g/mol. The average molecular weight is 868 g/mol. The van der Waals surface area contributed by atoms with Crippen molar-refractivity contribution in [3.8, 4) is 11.8 Å². The van der Waals surface area contributed by atoms with Crippen LogP contribution in [-0.2, 0) is 30.5 Å². The molecule has 4 saturated heterocycles. The molecule has 0 bridgehead atoms. The molecule has 4 fully saturated rings. The Labute approximate surface area is 374 Å². The van der Waals surface area contributed by atoms with Crippen molar-refractivity contribution < 1.29 is 28.4 Å². The summed E-state index contributed by atoms with van der Waals surface area (Å²) in [5.41, 5.74) is 4.85. The SMILES string of the molecule is CC(c1ccc(C#CC2CCN(C(=O)CCC(=O)N3CCN(c4ccc(NC5CCC(=O)NC5=O)cc4)CC3)CC2)c2ccccc12)N1CCC(C(=O)NCc2cccc(F)c2)CC1. The molecular formula is C51H58FN7O5. The van der Waals surface area contributed by atoms with E-state index in [2.05, 4.69) is 80.9 Å². The summed E-state index contributed by atoms with van der Waals surface area (Å²) in [5, 5.41) is 10.9. The Morgan fingerprint density at radius 2 is 1.45 bits per heavy atom. The highest BCUT2D eigenvalue weighted by Gasteiger charge is 2.30. The fraction of sp³-hybridized carbons (Fsp3) is 0.431. The topological polar surface area (TPSA) is 134 Å². The van der Waals surface area contributed by atoms with Gasteiger partial charge in [-0.25, -0.2) is 4.39 Å². The molecule has 0 aliphatic carbocycles. The van der Waals surface area contributed by atoms with E-state index in [0.29, 0.717) is 58.7 Å². The van der Waals surface area contributed by atoms with Crippen molar-refractivity contribution in [3.05, 3.63) is 107 Å². The summed E-state index contributed by atoms with van der Waals surface area (Å²) in [4.78, 5) is 71.3. The van der Waals surface area contributed by atoms with Crippen molar-refractivity contribution in [2.45, 2.75) is 76.9 Å². The van der Waals surface area contributed by atoms with Gasteiger partial charge in [0.25, 0.3) is 0 Å². The predicted molar refractivity (Wildman–Crippen MR) is 245 cm³/mol. The Bertz CT molecular complexity index is 2410. The Morgan fingerprint density at radius 1 is 0.766 bits per heavy atom. The van der Waals surface area contributed by atoms with Crippen molar-refractivity contribution in [3.63, 3.8) is 0 Å². The van der Waals surface area contributed by atoms with Gasteiger partial charge in [-0.15, -0.1) is 0 Å². The van der Waals surface area contributed by atoms with Crippen LogP contribution in [0.5, 0.6) is 0 Å². The van der Waals surface area contributed by atoms with E-state index in [4.69, 9.17) is 0 Å². The van der Waals surface area contributed by atoms with Crippen LogP contribution in [0, 0.1) is 29.5 Å². The summed E-state index contributed by atoms with van der Waals surface area (Å²) >= 11 is 0. The van der Waals surface area contributed by atoms with Crippen LogP contribution in [0.4, 0.5) is 15.8 Å². The van der Waals surface area contributed by atoms with Gasteiger partial charge in [-0.3, -0.25) is 34.2 Å². The molecule has 0 aromatic heterocycles. The van der Waals surface area contributed by atoms with Crippen molar-refractivity contribution >= 4 is 51.7 Å². The zero-order valence-electron chi connectivity index (χ0n) is 36.6. The molecule has 4 aromatic carbocycles. The van der Waals surface area contributed by atoms with Crippen molar-refractivity contribution in [1.82, 2.24) is 25.3 Å². The highest BCUT2D eigenvalue weighted by molar-refractivity contribution is 6.01. The zero-order valence-corrected chi connectivity index (χ0v) is 36.6. The Hall–Kier alpha value is -6.26. The third-order valence-electron chi connectivity index (χ3n) is 13.5. The number of imide groups is 1. The highest BCUT2D eigenvalue weighted by atomic mass is 19.1. The number of carbonyl (C=O) groups excluding carboxylic acids is 5. The molecule has 12 nitrogen and oxygen atoms in total. The van der Waals surface area contributed by atoms with Crippen LogP contribution in [0.1, 0.15) is 81.0 Å². The van der Waals surface area contributed by atoms with Crippen molar-refractivity contribution in [2.75, 3.05) is 62.6 Å². The van der Waals surface area contributed by atoms with Gasteiger partial charge in [-0.05, 0) is 116 Å². The molecule has 0 saturated carbocycles. The maximum absolute atomic E-state index is 13.6. The molecule has 4 aliphatic heterocycles. The first-order valence-corrected chi connectivity index (χ1v) is 22.9. The number of rotatable bonds is 11. The maximum Gasteiger partial charge on any atom is 0.249 e. The number of carbonyl (C=O) groups is 5. The number of nitrogens with zero attached hydrogens (tertiary/aromatic N) is 4. The van der Waals surface area contributed by atoms with E-state index >= 15 is 0 Å². The van der Waals surface area contributed by atoms with Gasteiger partial charge >= 0.3 is 0 Å². The second-order valence-electron chi connectivity index (χ2n) is 17.6. The molecule has 64 heavy (non-hydrogen) atoms. The van der Waals surface area contributed by atoms with E-state index in [9.17, 15) is 28.4 Å². The van der Waals surface area contributed by atoms with Crippen LogP contribution in [0.3, 0.4) is 0 Å². The molecule has 0 spiro atoms. The van der Waals surface area contributed by atoms with Crippen LogP contribution in [-0.4, -0.2) is 103 Å². The molecule has 2 atom stereocenters. The van der Waals surface area contributed by atoms with Crippen LogP contribution >= 0.6 is 0 Å². The van der Waals surface area contributed by atoms with Crippen LogP contribution in [0.15, 0.2) is 84.9 Å². The summed E-state index contributed by atoms with van der Waals surface area (Å²) in [6, 6.07) is 26.7. The van der Waals surface area contributed by atoms with E-state index in [1.54, 1.807) is 6.07 Å². The summed E-state index contributed by atoms with van der Waals surface area (Å²) in [7, 11) is 0. The summed E-state index contributed by atoms with van der Waals surface area (Å²) in [5.74, 6) is 6.36. The molecule has 2 unspecified atom stereocenters. The van der Waals surface area contributed by atoms with Gasteiger partial charge in [0.05, 0.1) is 0 Å². The van der Waals surface area contributed by atoms with E-state index < -0.39 is 6.04 Å². The molecule has 8 rings (SSSR count). The summed E-state index contributed by atoms with van der Waals surface area (Å²) < 4.78 is 13.6. The minimum atomic E-state index is -0.432. The molecule has 4 aliphatic rings. The van der Waals surface area contributed by atoms with Gasteiger partial charge < -0.3 is 25.3 Å². The second kappa shape index (κ2) is 20.5. The molecule has 4 heterocycles. The molecular weight excluding hydrogens is 810 g/mol.